The molecule has 2 heterocycles. The molecular weight excluding hydrogens is 727 g/mol. The summed E-state index contributed by atoms with van der Waals surface area (Å²) in [4.78, 5) is 4.52. The Hall–Kier alpha value is -6.09. The molecule has 0 amide bonds. The van der Waals surface area contributed by atoms with Crippen molar-refractivity contribution in [3.8, 4) is 12.1 Å². The van der Waals surface area contributed by atoms with Crippen molar-refractivity contribution in [1.82, 2.24) is 4.98 Å². The maximum absolute atomic E-state index is 12.0. The Morgan fingerprint density at radius 2 is 1.54 bits per heavy atom. The van der Waals surface area contributed by atoms with Crippen LogP contribution in [0.1, 0.15) is 16.7 Å². The maximum atomic E-state index is 12.0. The smallest absolute Gasteiger partial charge is 0.295 e. The number of benzene rings is 4. The molecule has 18 heteroatoms. The molecule has 6 aromatic rings. The lowest BCUT2D eigenvalue weighted by atomic mass is 10.1. The third-order valence-corrected chi connectivity index (χ3v) is 9.59. The van der Waals surface area contributed by atoms with Crippen LogP contribution in [0.4, 0.5) is 44.4 Å². The first-order chi connectivity index (χ1) is 25.2. The number of nitrogens with zero attached hydrogens (tertiary/aromatic N) is 7. The highest BCUT2D eigenvalue weighted by atomic mass is 32.2. The number of azo groups is 2. The minimum Gasteiger partial charge on any atom is -0.339 e. The van der Waals surface area contributed by atoms with Gasteiger partial charge in [0.25, 0.3) is 10.1 Å². The highest BCUT2D eigenvalue weighted by Crippen LogP contribution is 2.41. The molecule has 0 aliphatic rings. The molecule has 15 nitrogen and oxygen atoms in total. The highest BCUT2D eigenvalue weighted by molar-refractivity contribution is 7.94. The zero-order valence-corrected chi connectivity index (χ0v) is 29.1. The molecule has 0 radical (unpaired) electrons. The van der Waals surface area contributed by atoms with E-state index in [1.807, 2.05) is 60.7 Å². The van der Waals surface area contributed by atoms with Gasteiger partial charge >= 0.3 is 0 Å². The average Bonchev–Trinajstić information content (AvgIpc) is 3.55. The average molecular weight is 750 g/mol. The van der Waals surface area contributed by atoms with E-state index in [0.717, 1.165) is 28.8 Å². The molecule has 2 aromatic heterocycles. The monoisotopic (exact) mass is 749 g/mol. The normalized spacial score (nSPS) is 11.6. The summed E-state index contributed by atoms with van der Waals surface area (Å²) < 4.78 is 38.2. The molecule has 0 aliphatic carbocycles. The van der Waals surface area contributed by atoms with Gasteiger partial charge in [-0.05, 0) is 66.9 Å². The number of hydrogen-bond acceptors (Lipinski definition) is 16. The first kappa shape index (κ1) is 35.7. The summed E-state index contributed by atoms with van der Waals surface area (Å²) in [5, 5.41) is 57.0. The van der Waals surface area contributed by atoms with Crippen molar-refractivity contribution in [2.75, 3.05) is 10.6 Å². The fourth-order valence-corrected chi connectivity index (χ4v) is 6.91. The first-order valence-corrected chi connectivity index (χ1v) is 17.8. The zero-order chi connectivity index (χ0) is 36.7. The van der Waals surface area contributed by atoms with Crippen LogP contribution >= 0.6 is 23.4 Å². The van der Waals surface area contributed by atoms with E-state index in [4.69, 9.17) is 10.2 Å². The summed E-state index contributed by atoms with van der Waals surface area (Å²) in [6.07, 6.45) is 0. The molecule has 52 heavy (non-hydrogen) atoms. The van der Waals surface area contributed by atoms with Gasteiger partial charge in [-0.2, -0.15) is 18.9 Å². The number of nitrogens with one attached hydrogen (secondary N) is 2. The summed E-state index contributed by atoms with van der Waals surface area (Å²) in [5.41, 5.74) is 3.00. The first-order valence-electron chi connectivity index (χ1n) is 14.8. The van der Waals surface area contributed by atoms with Gasteiger partial charge < -0.3 is 10.6 Å². The topological polar surface area (TPSA) is 227 Å². The van der Waals surface area contributed by atoms with Gasteiger partial charge in [0.2, 0.25) is 0 Å². The fourth-order valence-electron chi connectivity index (χ4n) is 4.90. The number of rotatable bonds is 12. The number of thiophene rings is 1. The van der Waals surface area contributed by atoms with Gasteiger partial charge in [-0.25, -0.2) is 10.2 Å². The Labute approximate surface area is 304 Å². The molecule has 6 rings (SSSR count). The second-order valence-corrected chi connectivity index (χ2v) is 13.8. The van der Waals surface area contributed by atoms with E-state index in [2.05, 4.69) is 52.6 Å². The van der Waals surface area contributed by atoms with Crippen LogP contribution in [0, 0.1) is 29.6 Å². The molecule has 0 aliphatic heterocycles. The summed E-state index contributed by atoms with van der Waals surface area (Å²) in [6.45, 7) is 1.73. The lowest BCUT2D eigenvalue weighted by Gasteiger charge is -2.15. The largest absolute Gasteiger partial charge is 0.339 e. The molecule has 258 valence electrons. The third kappa shape index (κ3) is 8.26. The van der Waals surface area contributed by atoms with E-state index < -0.39 is 10.1 Å². The number of pyridine rings is 1. The number of para-hydroxylation sites is 2. The number of hydrogen-bond donors (Lipinski definition) is 4. The van der Waals surface area contributed by atoms with Gasteiger partial charge in [0.05, 0.1) is 28.9 Å². The van der Waals surface area contributed by atoms with Crippen LogP contribution in [0.25, 0.3) is 10.8 Å². The summed E-state index contributed by atoms with van der Waals surface area (Å²) >= 11 is 1.56. The van der Waals surface area contributed by atoms with E-state index in [9.17, 15) is 23.5 Å². The Morgan fingerprint density at radius 1 is 0.846 bits per heavy atom. The molecule has 0 saturated heterocycles. The van der Waals surface area contributed by atoms with Crippen LogP contribution in [0.2, 0.25) is 0 Å². The highest BCUT2D eigenvalue weighted by Gasteiger charge is 2.20. The van der Waals surface area contributed by atoms with Gasteiger partial charge in [-0.1, -0.05) is 58.8 Å². The van der Waals surface area contributed by atoms with Crippen molar-refractivity contribution in [2.45, 2.75) is 16.7 Å². The predicted molar refractivity (Wildman–Crippen MR) is 195 cm³/mol. The molecule has 0 bridgehead atoms. The Bertz CT molecular complexity index is 2530. The van der Waals surface area contributed by atoms with Crippen LogP contribution in [0.5, 0.6) is 0 Å². The van der Waals surface area contributed by atoms with Crippen molar-refractivity contribution in [3.05, 3.63) is 114 Å². The van der Waals surface area contributed by atoms with Gasteiger partial charge in [0.1, 0.15) is 27.7 Å². The molecular formula is C34H23N9O6S3. The van der Waals surface area contributed by atoms with Crippen molar-refractivity contribution >= 4 is 88.7 Å². The standard InChI is InChI=1S/C34H23N9O6S3/c1-20-28(19-36)32(37-23-8-4-2-5-9-23)39-33(38-24-10-6-3-7-11-24)31(20)42-43-34-22(18-35)16-30(50-34)41-40-25-12-13-27-21(14-25)15-26(51-49-48-44)17-29(27)52(45,46)47/h2-17,44H,1H3,(H2,37,38,39)(H,45,46,47). The summed E-state index contributed by atoms with van der Waals surface area (Å²) in [5.74, 6) is 0.649. The molecule has 0 atom stereocenters. The van der Waals surface area contributed by atoms with E-state index in [1.165, 1.54) is 30.3 Å². The van der Waals surface area contributed by atoms with Gasteiger partial charge in [0, 0.05) is 27.2 Å². The van der Waals surface area contributed by atoms with E-state index in [1.54, 1.807) is 6.92 Å². The SMILES string of the molecule is Cc1c(C#N)c(Nc2ccccc2)nc(Nc2ccccc2)c1N=Nc1sc(N=Nc2ccc3c(S(=O)(=O)O)cc(SOOO)cc3c2)cc1C#N. The summed E-state index contributed by atoms with van der Waals surface area (Å²) in [7, 11) is -4.62. The van der Waals surface area contributed by atoms with Crippen molar-refractivity contribution in [3.63, 3.8) is 0 Å². The Morgan fingerprint density at radius 3 is 2.17 bits per heavy atom. The number of anilines is 4. The lowest BCUT2D eigenvalue weighted by molar-refractivity contribution is -0.432. The maximum Gasteiger partial charge on any atom is 0.295 e. The second-order valence-electron chi connectivity index (χ2n) is 10.6. The second kappa shape index (κ2) is 15.9. The molecule has 0 unspecified atom stereocenters. The number of nitriles is 2. The van der Waals surface area contributed by atoms with E-state index in [-0.39, 0.29) is 37.0 Å². The van der Waals surface area contributed by atoms with Crippen LogP contribution in [0.15, 0.2) is 127 Å². The van der Waals surface area contributed by atoms with Gasteiger partial charge in [-0.15, -0.1) is 24.8 Å². The number of aromatic nitrogens is 1. The minimum absolute atomic E-state index is 0.179. The Balaban J connectivity index is 1.34. The fraction of sp³-hybridized carbons (Fsp3) is 0.0294. The van der Waals surface area contributed by atoms with Crippen LogP contribution in [-0.2, 0) is 19.5 Å². The van der Waals surface area contributed by atoms with E-state index >= 15 is 0 Å². The molecule has 0 spiro atoms. The van der Waals surface area contributed by atoms with Gasteiger partial charge in [-0.3, -0.25) is 4.55 Å². The summed E-state index contributed by atoms with van der Waals surface area (Å²) in [6, 6.07) is 31.6. The quantitative estimate of drug-likeness (QED) is 0.0301. The predicted octanol–water partition coefficient (Wildman–Crippen LogP) is 10.3. The zero-order valence-electron chi connectivity index (χ0n) is 26.6. The Kier molecular flexibility index (Phi) is 10.9. The van der Waals surface area contributed by atoms with Crippen LogP contribution in [0.3, 0.4) is 0 Å². The number of fused-ring (bicyclic) bond motifs is 1. The molecule has 0 saturated carbocycles. The molecule has 4 aromatic carbocycles. The van der Waals surface area contributed by atoms with E-state index in [0.29, 0.717) is 45.3 Å². The lowest BCUT2D eigenvalue weighted by Crippen LogP contribution is -2.04. The van der Waals surface area contributed by atoms with Crippen molar-refractivity contribution < 1.29 is 27.6 Å². The van der Waals surface area contributed by atoms with Crippen molar-refractivity contribution in [1.29, 1.82) is 10.5 Å². The molecule has 4 N–H and O–H groups in total. The van der Waals surface area contributed by atoms with Gasteiger partial charge in [0.15, 0.2) is 16.6 Å². The third-order valence-electron chi connectivity index (χ3n) is 7.23. The van der Waals surface area contributed by atoms with Crippen LogP contribution in [-0.4, -0.2) is 23.2 Å². The minimum atomic E-state index is -4.62. The van der Waals surface area contributed by atoms with Crippen LogP contribution < -0.4 is 10.6 Å². The van der Waals surface area contributed by atoms with Crippen molar-refractivity contribution in [2.24, 2.45) is 20.5 Å². The molecule has 0 fully saturated rings.